The molecule has 0 spiro atoms. The monoisotopic (exact) mass is 708 g/mol. The third kappa shape index (κ3) is 6.07. The second kappa shape index (κ2) is 11.5. The van der Waals surface area contributed by atoms with Gasteiger partial charge in [0.05, 0.1) is 23.6 Å². The van der Waals surface area contributed by atoms with Crippen molar-refractivity contribution in [1.29, 1.82) is 0 Å². The van der Waals surface area contributed by atoms with Crippen LogP contribution in [-0.2, 0) is 20.9 Å². The highest BCUT2D eigenvalue weighted by molar-refractivity contribution is 14.1. The van der Waals surface area contributed by atoms with Crippen LogP contribution in [0.2, 0.25) is 0 Å². The largest absolute Gasteiger partial charge is 0.487 e. The molecule has 0 aliphatic carbocycles. The number of nitrogens with zero attached hydrogens (tertiary/aromatic N) is 2. The van der Waals surface area contributed by atoms with Gasteiger partial charge in [-0.15, -0.1) is 0 Å². The lowest BCUT2D eigenvalue weighted by molar-refractivity contribution is -0.384. The number of hydrogen-bond donors (Lipinski definition) is 0. The predicted molar refractivity (Wildman–Crippen MR) is 143 cm³/mol. The molecule has 0 aromatic heterocycles. The number of carbonyl (C=O) groups is 3. The van der Waals surface area contributed by atoms with Crippen LogP contribution in [0.5, 0.6) is 5.75 Å². The maximum Gasteiger partial charge on any atom is 0.329 e. The van der Waals surface area contributed by atoms with Crippen molar-refractivity contribution in [3.05, 3.63) is 69.7 Å². The number of benzene rings is 2. The van der Waals surface area contributed by atoms with Crippen LogP contribution < -0.4 is 4.74 Å². The maximum absolute atomic E-state index is 12.8. The van der Waals surface area contributed by atoms with Crippen LogP contribution in [-0.4, -0.2) is 39.6 Å². The minimum atomic E-state index is -1.01. The summed E-state index contributed by atoms with van der Waals surface area (Å²) in [7, 11) is 0. The van der Waals surface area contributed by atoms with Crippen molar-refractivity contribution in [1.82, 2.24) is 4.90 Å². The van der Waals surface area contributed by atoms with Gasteiger partial charge in [0, 0.05) is 12.1 Å². The molecule has 3 rings (SSSR count). The van der Waals surface area contributed by atoms with Crippen molar-refractivity contribution in [2.75, 3.05) is 6.61 Å². The molecular weight excluding hydrogens is 690 g/mol. The van der Waals surface area contributed by atoms with Crippen LogP contribution in [0.25, 0.3) is 6.08 Å². The first kappa shape index (κ1) is 26.4. The highest BCUT2D eigenvalue weighted by Crippen LogP contribution is 2.36. The molecule has 0 saturated carbocycles. The number of ether oxygens (including phenoxy) is 2. The number of amides is 2. The third-order valence-corrected chi connectivity index (χ3v) is 7.17. The van der Waals surface area contributed by atoms with E-state index in [0.29, 0.717) is 11.3 Å². The van der Waals surface area contributed by atoms with Crippen LogP contribution in [0.1, 0.15) is 25.0 Å². The Kier molecular flexibility index (Phi) is 8.92. The lowest BCUT2D eigenvalue weighted by Gasteiger charge is -2.19. The standard InChI is InChI=1S/C22H18I2N2O7S/c1-3-32-21(28)12(2)25-20(27)18(34-22(25)29)10-14-8-16(23)19(17(24)9-14)33-11-13-4-6-15(7-5-13)26(30)31/h4-10,12H,3,11H2,1-2H3/b18-10+/t12-/m1/s1. The summed E-state index contributed by atoms with van der Waals surface area (Å²) in [6.07, 6.45) is 1.60. The van der Waals surface area contributed by atoms with E-state index in [-0.39, 0.29) is 23.8 Å². The Labute approximate surface area is 226 Å². The Hall–Kier alpha value is -2.20. The Morgan fingerprint density at radius 1 is 1.21 bits per heavy atom. The van der Waals surface area contributed by atoms with Gasteiger partial charge in [0.15, 0.2) is 0 Å². The molecule has 0 bridgehead atoms. The average molecular weight is 708 g/mol. The number of non-ortho nitro benzene ring substituents is 1. The topological polar surface area (TPSA) is 116 Å². The molecule has 2 amide bonds. The minimum absolute atomic E-state index is 0.0123. The van der Waals surface area contributed by atoms with Gasteiger partial charge >= 0.3 is 5.97 Å². The first-order valence-corrected chi connectivity index (χ1v) is 12.9. The molecule has 178 valence electrons. The highest BCUT2D eigenvalue weighted by atomic mass is 127. The number of rotatable bonds is 8. The van der Waals surface area contributed by atoms with Crippen molar-refractivity contribution in [2.45, 2.75) is 26.5 Å². The van der Waals surface area contributed by atoms with Crippen molar-refractivity contribution >= 4 is 85.8 Å². The van der Waals surface area contributed by atoms with Crippen LogP contribution in [0, 0.1) is 17.3 Å². The van der Waals surface area contributed by atoms with Gasteiger partial charge in [0.25, 0.3) is 16.8 Å². The summed E-state index contributed by atoms with van der Waals surface area (Å²) in [5, 5.41) is 10.3. The van der Waals surface area contributed by atoms with E-state index in [0.717, 1.165) is 29.4 Å². The number of nitro groups is 1. The second-order valence-electron chi connectivity index (χ2n) is 7.01. The number of halogens is 2. The zero-order valence-electron chi connectivity index (χ0n) is 17.9. The number of nitro benzene ring substituents is 1. The van der Waals surface area contributed by atoms with E-state index in [9.17, 15) is 24.5 Å². The van der Waals surface area contributed by atoms with Crippen LogP contribution >= 0.6 is 56.9 Å². The van der Waals surface area contributed by atoms with Gasteiger partial charge < -0.3 is 9.47 Å². The van der Waals surface area contributed by atoms with Gasteiger partial charge in [-0.1, -0.05) is 0 Å². The fraction of sp³-hybridized carbons (Fsp3) is 0.227. The zero-order chi connectivity index (χ0) is 25.0. The summed E-state index contributed by atoms with van der Waals surface area (Å²) < 4.78 is 12.4. The molecule has 0 N–H and O–H groups in total. The van der Waals surface area contributed by atoms with Gasteiger partial charge in [-0.2, -0.15) is 0 Å². The summed E-state index contributed by atoms with van der Waals surface area (Å²) in [6.45, 7) is 3.50. The van der Waals surface area contributed by atoms with Crippen molar-refractivity contribution in [2.24, 2.45) is 0 Å². The van der Waals surface area contributed by atoms with E-state index in [4.69, 9.17) is 9.47 Å². The van der Waals surface area contributed by atoms with Gasteiger partial charge in [0.2, 0.25) is 0 Å². The summed E-state index contributed by atoms with van der Waals surface area (Å²) in [6, 6.07) is 8.75. The molecule has 1 saturated heterocycles. The molecule has 0 radical (unpaired) electrons. The van der Waals surface area contributed by atoms with E-state index in [2.05, 4.69) is 45.2 Å². The number of thioether (sulfide) groups is 1. The van der Waals surface area contributed by atoms with Crippen molar-refractivity contribution < 1.29 is 28.8 Å². The molecule has 0 unspecified atom stereocenters. The molecule has 9 nitrogen and oxygen atoms in total. The Bertz CT molecular complexity index is 1160. The number of imide groups is 1. The fourth-order valence-corrected chi connectivity index (χ4v) is 6.04. The smallest absolute Gasteiger partial charge is 0.329 e. The van der Waals surface area contributed by atoms with Gasteiger partial charge in [-0.3, -0.25) is 24.6 Å². The minimum Gasteiger partial charge on any atom is -0.487 e. The maximum atomic E-state index is 12.8. The molecule has 1 heterocycles. The van der Waals surface area contributed by atoms with Crippen LogP contribution in [0.4, 0.5) is 10.5 Å². The Morgan fingerprint density at radius 3 is 2.38 bits per heavy atom. The normalized spacial score (nSPS) is 15.5. The first-order chi connectivity index (χ1) is 16.1. The molecular formula is C22H18I2N2O7S. The van der Waals surface area contributed by atoms with Crippen LogP contribution in [0.3, 0.4) is 0 Å². The summed E-state index contributed by atoms with van der Waals surface area (Å²) in [4.78, 5) is 48.6. The Morgan fingerprint density at radius 2 is 1.82 bits per heavy atom. The van der Waals surface area contributed by atoms with E-state index in [1.165, 1.54) is 19.1 Å². The molecule has 12 heteroatoms. The molecule has 1 atom stereocenters. The number of esters is 1. The van der Waals surface area contributed by atoms with Gasteiger partial charge in [-0.05, 0) is 112 Å². The zero-order valence-corrected chi connectivity index (χ0v) is 23.1. The van der Waals surface area contributed by atoms with Crippen molar-refractivity contribution in [3.8, 4) is 5.75 Å². The Balaban J connectivity index is 1.75. The van der Waals surface area contributed by atoms with Gasteiger partial charge in [-0.25, -0.2) is 4.79 Å². The first-order valence-electron chi connectivity index (χ1n) is 9.91. The van der Waals surface area contributed by atoms with E-state index >= 15 is 0 Å². The number of hydrogen-bond acceptors (Lipinski definition) is 8. The number of carbonyl (C=O) groups excluding carboxylic acids is 3. The summed E-state index contributed by atoms with van der Waals surface area (Å²) in [5.41, 5.74) is 1.50. The van der Waals surface area contributed by atoms with Crippen molar-refractivity contribution in [3.63, 3.8) is 0 Å². The molecule has 2 aromatic rings. The van der Waals surface area contributed by atoms with Crippen LogP contribution in [0.15, 0.2) is 41.3 Å². The lowest BCUT2D eigenvalue weighted by atomic mass is 10.2. The van der Waals surface area contributed by atoms with E-state index in [1.54, 1.807) is 25.1 Å². The van der Waals surface area contributed by atoms with Gasteiger partial charge in [0.1, 0.15) is 18.4 Å². The molecule has 1 aliphatic rings. The van der Waals surface area contributed by atoms with E-state index in [1.807, 2.05) is 12.1 Å². The molecule has 1 fully saturated rings. The third-order valence-electron chi connectivity index (χ3n) is 4.69. The highest BCUT2D eigenvalue weighted by Gasteiger charge is 2.41. The molecule has 2 aromatic carbocycles. The predicted octanol–water partition coefficient (Wildman–Crippen LogP) is 5.37. The summed E-state index contributed by atoms with van der Waals surface area (Å²) in [5.74, 6) is -0.538. The molecule has 34 heavy (non-hydrogen) atoms. The average Bonchev–Trinajstić information content (AvgIpc) is 3.05. The second-order valence-corrected chi connectivity index (χ2v) is 10.3. The molecule has 1 aliphatic heterocycles. The lowest BCUT2D eigenvalue weighted by Crippen LogP contribution is -2.42. The SMILES string of the molecule is CCOC(=O)[C@@H](C)N1C(=O)S/C(=C/c2cc(I)c(OCc3ccc([N+](=O)[O-])cc3)c(I)c2)C1=O. The fourth-order valence-electron chi connectivity index (χ4n) is 3.00. The van der Waals surface area contributed by atoms with E-state index < -0.39 is 28.1 Å². The quantitative estimate of drug-likeness (QED) is 0.118. The summed E-state index contributed by atoms with van der Waals surface area (Å²) >= 11 is 5.01.